The number of carbonyl (C=O) groups excluding carboxylic acids is 1. The van der Waals surface area contributed by atoms with Gasteiger partial charge in [-0.15, -0.1) is 11.8 Å². The highest BCUT2D eigenvalue weighted by atomic mass is 32.2. The van der Waals surface area contributed by atoms with Gasteiger partial charge >= 0.3 is 0 Å². The van der Waals surface area contributed by atoms with Gasteiger partial charge in [0.25, 0.3) is 5.91 Å². The Morgan fingerprint density at radius 1 is 1.15 bits per heavy atom. The SMILES string of the molecule is CSc1cn(-c2ncc(-c3ccccc3F)cn2)c2cc(C(=O)N3CCOC(C)(C)C3)ccc12. The fraction of sp³-hybridized carbons (Fsp3) is 0.269. The Hall–Kier alpha value is -3.23. The number of nitrogens with zero attached hydrogens (tertiary/aromatic N) is 4. The average molecular weight is 477 g/mol. The van der Waals surface area contributed by atoms with Gasteiger partial charge in [0.1, 0.15) is 5.82 Å². The first-order chi connectivity index (χ1) is 16.4. The number of amides is 1. The highest BCUT2D eigenvalue weighted by Gasteiger charge is 2.30. The number of fused-ring (bicyclic) bond motifs is 1. The summed E-state index contributed by atoms with van der Waals surface area (Å²) in [5.41, 5.74) is 2.16. The molecule has 3 heterocycles. The van der Waals surface area contributed by atoms with Crippen LogP contribution in [0.4, 0.5) is 4.39 Å². The number of halogens is 1. The van der Waals surface area contributed by atoms with Gasteiger partial charge in [-0.25, -0.2) is 14.4 Å². The summed E-state index contributed by atoms with van der Waals surface area (Å²) in [7, 11) is 0. The van der Waals surface area contributed by atoms with Crippen LogP contribution in [0.15, 0.2) is 66.0 Å². The number of ether oxygens (including phenoxy) is 1. The predicted molar refractivity (Wildman–Crippen MR) is 132 cm³/mol. The lowest BCUT2D eigenvalue weighted by Crippen LogP contribution is -2.50. The average Bonchev–Trinajstić information content (AvgIpc) is 3.21. The molecule has 0 aliphatic carbocycles. The molecule has 8 heteroatoms. The van der Waals surface area contributed by atoms with E-state index in [2.05, 4.69) is 9.97 Å². The molecule has 0 N–H and O–H groups in total. The van der Waals surface area contributed by atoms with Crippen molar-refractivity contribution in [2.45, 2.75) is 24.3 Å². The molecule has 1 amide bonds. The zero-order valence-corrected chi connectivity index (χ0v) is 20.1. The Labute approximate surface area is 201 Å². The molecule has 6 nitrogen and oxygen atoms in total. The van der Waals surface area contributed by atoms with Gasteiger partial charge in [0.05, 0.1) is 17.7 Å². The van der Waals surface area contributed by atoms with E-state index < -0.39 is 0 Å². The van der Waals surface area contributed by atoms with Gasteiger partial charge in [-0.3, -0.25) is 9.36 Å². The summed E-state index contributed by atoms with van der Waals surface area (Å²) in [5, 5.41) is 1.02. The molecular formula is C26H25FN4O2S. The lowest BCUT2D eigenvalue weighted by Gasteiger charge is -2.38. The van der Waals surface area contributed by atoms with Crippen molar-refractivity contribution in [1.82, 2.24) is 19.4 Å². The van der Waals surface area contributed by atoms with E-state index in [0.29, 0.717) is 42.3 Å². The van der Waals surface area contributed by atoms with Crippen molar-refractivity contribution in [2.75, 3.05) is 26.0 Å². The zero-order chi connectivity index (χ0) is 23.9. The highest BCUT2D eigenvalue weighted by molar-refractivity contribution is 7.98. The molecule has 1 aliphatic heterocycles. The van der Waals surface area contributed by atoms with E-state index in [-0.39, 0.29) is 17.3 Å². The van der Waals surface area contributed by atoms with Crippen LogP contribution in [0.5, 0.6) is 0 Å². The molecule has 2 aromatic carbocycles. The van der Waals surface area contributed by atoms with E-state index in [1.54, 1.807) is 42.4 Å². The number of hydrogen-bond acceptors (Lipinski definition) is 5. The highest BCUT2D eigenvalue weighted by Crippen LogP contribution is 2.32. The minimum atomic E-state index is -0.363. The molecule has 2 aromatic heterocycles. The Kier molecular flexibility index (Phi) is 5.87. The van der Waals surface area contributed by atoms with E-state index in [4.69, 9.17) is 4.74 Å². The summed E-state index contributed by atoms with van der Waals surface area (Å²) in [5.74, 6) is 0.124. The third kappa shape index (κ3) is 4.19. The molecule has 174 valence electrons. The summed E-state index contributed by atoms with van der Waals surface area (Å²) in [6, 6.07) is 12.3. The zero-order valence-electron chi connectivity index (χ0n) is 19.3. The Morgan fingerprint density at radius 3 is 2.62 bits per heavy atom. The molecule has 0 radical (unpaired) electrons. The third-order valence-corrected chi connectivity index (χ3v) is 6.75. The smallest absolute Gasteiger partial charge is 0.254 e. The maximum atomic E-state index is 14.2. The lowest BCUT2D eigenvalue weighted by atomic mass is 10.1. The maximum Gasteiger partial charge on any atom is 0.254 e. The fourth-order valence-corrected chi connectivity index (χ4v) is 4.91. The molecule has 0 saturated carbocycles. The molecule has 34 heavy (non-hydrogen) atoms. The minimum Gasteiger partial charge on any atom is -0.372 e. The monoisotopic (exact) mass is 476 g/mol. The van der Waals surface area contributed by atoms with E-state index in [1.807, 2.05) is 54.0 Å². The van der Waals surface area contributed by atoms with E-state index in [1.165, 1.54) is 6.07 Å². The standard InChI is InChI=1S/C26H25FN4O2S/c1-26(2)16-30(10-11-33-26)24(32)17-8-9-20-22(12-17)31(15-23(20)34-3)25-28-13-18(14-29-25)19-6-4-5-7-21(19)27/h4-9,12-15H,10-11,16H2,1-3H3. The summed E-state index contributed by atoms with van der Waals surface area (Å²) in [4.78, 5) is 25.2. The quantitative estimate of drug-likeness (QED) is 0.379. The molecule has 1 fully saturated rings. The molecule has 0 unspecified atom stereocenters. The van der Waals surface area contributed by atoms with Crippen LogP contribution in [0, 0.1) is 5.82 Å². The van der Waals surface area contributed by atoms with Crippen molar-refractivity contribution in [3.05, 3.63) is 72.4 Å². The van der Waals surface area contributed by atoms with Crippen molar-refractivity contribution in [2.24, 2.45) is 0 Å². The number of rotatable bonds is 4. The van der Waals surface area contributed by atoms with Gasteiger partial charge in [0, 0.05) is 58.7 Å². The Balaban J connectivity index is 1.52. The van der Waals surface area contributed by atoms with Crippen molar-refractivity contribution in [1.29, 1.82) is 0 Å². The Bertz CT molecular complexity index is 1370. The van der Waals surface area contributed by atoms with Crippen LogP contribution in [-0.2, 0) is 4.74 Å². The second-order valence-electron chi connectivity index (χ2n) is 8.89. The normalized spacial score (nSPS) is 15.6. The van der Waals surface area contributed by atoms with Gasteiger partial charge < -0.3 is 9.64 Å². The second-order valence-corrected chi connectivity index (χ2v) is 9.73. The topological polar surface area (TPSA) is 60.2 Å². The second kappa shape index (κ2) is 8.85. The number of hydrogen-bond donors (Lipinski definition) is 0. The maximum absolute atomic E-state index is 14.2. The van der Waals surface area contributed by atoms with Crippen molar-refractivity contribution >= 4 is 28.6 Å². The molecule has 1 saturated heterocycles. The van der Waals surface area contributed by atoms with Crippen LogP contribution >= 0.6 is 11.8 Å². The summed E-state index contributed by atoms with van der Waals surface area (Å²) in [6.07, 6.45) is 7.22. The van der Waals surface area contributed by atoms with Gasteiger partial charge in [0.15, 0.2) is 0 Å². The van der Waals surface area contributed by atoms with Gasteiger partial charge in [-0.2, -0.15) is 0 Å². The van der Waals surface area contributed by atoms with Crippen LogP contribution in [0.3, 0.4) is 0 Å². The first-order valence-electron chi connectivity index (χ1n) is 11.1. The van der Waals surface area contributed by atoms with E-state index >= 15 is 0 Å². The molecule has 0 bridgehead atoms. The van der Waals surface area contributed by atoms with Crippen LogP contribution in [0.1, 0.15) is 24.2 Å². The largest absolute Gasteiger partial charge is 0.372 e. The van der Waals surface area contributed by atoms with Gasteiger partial charge in [-0.05, 0) is 38.3 Å². The molecule has 0 spiro atoms. The molecule has 5 rings (SSSR count). The van der Waals surface area contributed by atoms with Gasteiger partial charge in [-0.1, -0.05) is 24.3 Å². The van der Waals surface area contributed by atoms with Crippen LogP contribution < -0.4 is 0 Å². The van der Waals surface area contributed by atoms with E-state index in [9.17, 15) is 9.18 Å². The summed E-state index contributed by atoms with van der Waals surface area (Å²) < 4.78 is 21.8. The van der Waals surface area contributed by atoms with Crippen molar-refractivity contribution < 1.29 is 13.9 Å². The van der Waals surface area contributed by atoms with Crippen molar-refractivity contribution in [3.63, 3.8) is 0 Å². The molecule has 4 aromatic rings. The van der Waals surface area contributed by atoms with E-state index in [0.717, 1.165) is 15.8 Å². The van der Waals surface area contributed by atoms with Gasteiger partial charge in [0.2, 0.25) is 5.95 Å². The number of benzene rings is 2. The van der Waals surface area contributed by atoms with Crippen molar-refractivity contribution in [3.8, 4) is 17.1 Å². The number of aromatic nitrogens is 3. The number of morpholine rings is 1. The number of carbonyl (C=O) groups is 1. The molecular weight excluding hydrogens is 451 g/mol. The molecule has 1 aliphatic rings. The molecule has 0 atom stereocenters. The van der Waals surface area contributed by atoms with Crippen LogP contribution in [-0.4, -0.2) is 56.9 Å². The summed E-state index contributed by atoms with van der Waals surface area (Å²) in [6.45, 7) is 5.62. The first-order valence-corrected chi connectivity index (χ1v) is 12.3. The predicted octanol–water partition coefficient (Wildman–Crippen LogP) is 5.20. The number of thioether (sulfide) groups is 1. The lowest BCUT2D eigenvalue weighted by molar-refractivity contribution is -0.0763. The summed E-state index contributed by atoms with van der Waals surface area (Å²) >= 11 is 1.62. The third-order valence-electron chi connectivity index (χ3n) is 5.99. The fourth-order valence-electron chi connectivity index (χ4n) is 4.31. The van der Waals surface area contributed by atoms with Crippen LogP contribution in [0.2, 0.25) is 0 Å². The first kappa shape index (κ1) is 22.6. The Morgan fingerprint density at radius 2 is 1.91 bits per heavy atom. The van der Waals surface area contributed by atoms with Crippen LogP contribution in [0.25, 0.3) is 28.0 Å². The minimum absolute atomic E-state index is 0.0208.